The van der Waals surface area contributed by atoms with Crippen molar-refractivity contribution in [1.29, 1.82) is 0 Å². The molecule has 2 fully saturated rings. The lowest BCUT2D eigenvalue weighted by molar-refractivity contribution is -0.137. The summed E-state index contributed by atoms with van der Waals surface area (Å²) in [5.74, 6) is 2.12. The Morgan fingerprint density at radius 2 is 1.11 bits per heavy atom. The Kier molecular flexibility index (Phi) is 16.4. The number of carbonyl (C=O) groups is 2. The number of hydroxylamine groups is 1. The quantitative estimate of drug-likeness (QED) is 0.0659. The van der Waals surface area contributed by atoms with Gasteiger partial charge in [-0.25, -0.2) is 5.48 Å². The average molecular weight is 730 g/mol. The van der Waals surface area contributed by atoms with Crippen LogP contribution in [-0.2, 0) is 22.4 Å². The van der Waals surface area contributed by atoms with Crippen molar-refractivity contribution in [2.45, 2.75) is 140 Å². The van der Waals surface area contributed by atoms with E-state index in [2.05, 4.69) is 30.2 Å². The summed E-state index contributed by atoms with van der Waals surface area (Å²) in [6.45, 7) is 0. The summed E-state index contributed by atoms with van der Waals surface area (Å²) < 4.78 is 10.9. The highest BCUT2D eigenvalue weighted by atomic mass is 16.5. The molecule has 2 saturated carbocycles. The molecule has 13 heteroatoms. The summed E-state index contributed by atoms with van der Waals surface area (Å²) in [5, 5.41) is 26.2. The first-order chi connectivity index (χ1) is 25.9. The second-order valence-electron chi connectivity index (χ2n) is 14.8. The van der Waals surface area contributed by atoms with E-state index < -0.39 is 11.9 Å². The second-order valence-corrected chi connectivity index (χ2v) is 14.8. The first kappa shape index (κ1) is 39.7. The fraction of sp³-hybridized carbons (Fsp3) is 0.600. The van der Waals surface area contributed by atoms with Crippen LogP contribution in [0.4, 0.5) is 0 Å². The molecular formula is C40H55N7O6. The molecule has 0 aliphatic heterocycles. The summed E-state index contributed by atoms with van der Waals surface area (Å²) in [5.41, 5.74) is 3.83. The molecule has 13 nitrogen and oxygen atoms in total. The van der Waals surface area contributed by atoms with Gasteiger partial charge in [0.1, 0.15) is 0 Å². The lowest BCUT2D eigenvalue weighted by atomic mass is 9.84. The van der Waals surface area contributed by atoms with Crippen molar-refractivity contribution < 1.29 is 28.9 Å². The van der Waals surface area contributed by atoms with Crippen LogP contribution in [0.2, 0.25) is 0 Å². The van der Waals surface area contributed by atoms with Gasteiger partial charge in [-0.05, 0) is 60.1 Å². The Bertz CT molecular complexity index is 1620. The van der Waals surface area contributed by atoms with Gasteiger partial charge in [-0.1, -0.05) is 100 Å². The third kappa shape index (κ3) is 14.1. The first-order valence-corrected chi connectivity index (χ1v) is 19.5. The number of nitrogens with one attached hydrogen (secondary N) is 1. The Morgan fingerprint density at radius 1 is 0.679 bits per heavy atom. The van der Waals surface area contributed by atoms with E-state index in [0.29, 0.717) is 36.3 Å². The largest absolute Gasteiger partial charge is 0.481 e. The smallest absolute Gasteiger partial charge is 0.304 e. The molecule has 0 spiro atoms. The Balaban J connectivity index is 0.000000204. The Hall–Kier alpha value is -4.52. The van der Waals surface area contributed by atoms with E-state index in [1.165, 1.54) is 77.0 Å². The van der Waals surface area contributed by atoms with Crippen molar-refractivity contribution in [3.8, 4) is 0 Å². The fourth-order valence-electron chi connectivity index (χ4n) is 7.74. The molecule has 1 amide bonds. The standard InChI is InChI=1S/C20H28N4O3.C20H27N3O3/c25-19(23-26)14-17(8-4-7-15-5-2-1-3-6-15)20-22-18(24-27-20)13-16-9-11-21-12-10-16;24-19(25)14-17(8-4-7-15-5-2-1-3-6-15)20-22-18(23-26-20)13-16-9-11-21-12-10-16/h9-12,15,17,26H,1-8,13-14H2,(H,23,25);9-12,15,17H,1-8,13-14H2,(H,24,25)/t2*17-/m11/s1. The normalized spacial score (nSPS) is 16.3. The number of pyridine rings is 2. The Morgan fingerprint density at radius 3 is 1.53 bits per heavy atom. The minimum absolute atomic E-state index is 0.0432. The van der Waals surface area contributed by atoms with Crippen molar-refractivity contribution in [1.82, 2.24) is 35.7 Å². The third-order valence-corrected chi connectivity index (χ3v) is 10.6. The van der Waals surface area contributed by atoms with Crippen molar-refractivity contribution in [3.05, 3.63) is 83.6 Å². The molecule has 4 aromatic heterocycles. The number of hydrogen-bond acceptors (Lipinski definition) is 11. The Labute approximate surface area is 311 Å². The number of carboxylic acid groups (broad SMARTS) is 1. The molecule has 0 bridgehead atoms. The van der Waals surface area contributed by atoms with E-state index in [0.717, 1.165) is 48.6 Å². The van der Waals surface area contributed by atoms with E-state index >= 15 is 0 Å². The molecule has 2 atom stereocenters. The van der Waals surface area contributed by atoms with Gasteiger partial charge in [0, 0.05) is 55.9 Å². The first-order valence-electron chi connectivity index (χ1n) is 19.5. The number of amides is 1. The summed E-state index contributed by atoms with van der Waals surface area (Å²) in [7, 11) is 0. The SMILES string of the molecule is O=C(C[C@@H](CCCC1CCCCC1)c1nc(Cc2ccncc2)no1)NO.O=C(O)C[C@@H](CCCC1CCCCC1)c1nc(Cc2ccncc2)no1. The number of nitrogens with zero attached hydrogens (tertiary/aromatic N) is 6. The molecule has 53 heavy (non-hydrogen) atoms. The summed E-state index contributed by atoms with van der Waals surface area (Å²) in [6, 6.07) is 7.65. The van der Waals surface area contributed by atoms with Crippen molar-refractivity contribution in [2.75, 3.05) is 0 Å². The van der Waals surface area contributed by atoms with Crippen molar-refractivity contribution >= 4 is 11.9 Å². The van der Waals surface area contributed by atoms with Crippen LogP contribution in [0.25, 0.3) is 0 Å². The van der Waals surface area contributed by atoms with Crippen LogP contribution in [-0.4, -0.2) is 52.4 Å². The van der Waals surface area contributed by atoms with Crippen molar-refractivity contribution in [3.63, 3.8) is 0 Å². The predicted octanol–water partition coefficient (Wildman–Crippen LogP) is 8.15. The highest BCUT2D eigenvalue weighted by Crippen LogP contribution is 2.32. The van der Waals surface area contributed by atoms with E-state index in [1.807, 2.05) is 24.3 Å². The van der Waals surface area contributed by atoms with E-state index in [9.17, 15) is 14.7 Å². The maximum atomic E-state index is 11.7. The van der Waals surface area contributed by atoms with Gasteiger partial charge in [-0.15, -0.1) is 0 Å². The molecule has 4 heterocycles. The van der Waals surface area contributed by atoms with Gasteiger partial charge in [0.2, 0.25) is 17.7 Å². The lowest BCUT2D eigenvalue weighted by Crippen LogP contribution is -2.21. The summed E-state index contributed by atoms with van der Waals surface area (Å²) in [6.07, 6.45) is 27.6. The van der Waals surface area contributed by atoms with Gasteiger partial charge < -0.3 is 14.2 Å². The summed E-state index contributed by atoms with van der Waals surface area (Å²) >= 11 is 0. The second kappa shape index (κ2) is 21.9. The monoisotopic (exact) mass is 729 g/mol. The van der Waals surface area contributed by atoms with Gasteiger partial charge in [0.25, 0.3) is 0 Å². The molecule has 6 rings (SSSR count). The number of carbonyl (C=O) groups excluding carboxylic acids is 1. The molecule has 0 aromatic carbocycles. The molecule has 0 radical (unpaired) electrons. The van der Waals surface area contributed by atoms with E-state index in [1.54, 1.807) is 30.3 Å². The molecule has 2 aliphatic carbocycles. The maximum absolute atomic E-state index is 11.7. The third-order valence-electron chi connectivity index (χ3n) is 10.6. The van der Waals surface area contributed by atoms with Gasteiger partial charge in [-0.3, -0.25) is 24.8 Å². The van der Waals surface area contributed by atoms with Crippen LogP contribution < -0.4 is 5.48 Å². The minimum atomic E-state index is -0.818. The molecular weight excluding hydrogens is 674 g/mol. The van der Waals surface area contributed by atoms with Gasteiger partial charge in [0.05, 0.1) is 6.42 Å². The van der Waals surface area contributed by atoms with Gasteiger partial charge >= 0.3 is 5.97 Å². The van der Waals surface area contributed by atoms with Gasteiger partial charge in [0.15, 0.2) is 11.6 Å². The number of aromatic nitrogens is 6. The van der Waals surface area contributed by atoms with Crippen LogP contribution in [0.15, 0.2) is 58.1 Å². The van der Waals surface area contributed by atoms with E-state index in [4.69, 9.17) is 14.3 Å². The fourth-order valence-corrected chi connectivity index (χ4v) is 7.74. The number of aliphatic carboxylic acids is 1. The molecule has 286 valence electrons. The lowest BCUT2D eigenvalue weighted by Gasteiger charge is -2.22. The van der Waals surface area contributed by atoms with Crippen molar-refractivity contribution in [2.24, 2.45) is 11.8 Å². The highest BCUT2D eigenvalue weighted by molar-refractivity contribution is 5.75. The molecule has 4 aromatic rings. The summed E-state index contributed by atoms with van der Waals surface area (Å²) in [4.78, 5) is 39.9. The number of carboxylic acids is 1. The van der Waals surface area contributed by atoms with Gasteiger partial charge in [-0.2, -0.15) is 9.97 Å². The maximum Gasteiger partial charge on any atom is 0.304 e. The zero-order valence-electron chi connectivity index (χ0n) is 30.8. The molecule has 2 aliphatic rings. The average Bonchev–Trinajstić information content (AvgIpc) is 3.86. The number of rotatable bonds is 18. The molecule has 0 unspecified atom stereocenters. The van der Waals surface area contributed by atoms with E-state index in [-0.39, 0.29) is 24.7 Å². The van der Waals surface area contributed by atoms with Crippen LogP contribution in [0, 0.1) is 11.8 Å². The zero-order chi connectivity index (χ0) is 37.1. The highest BCUT2D eigenvalue weighted by Gasteiger charge is 2.25. The molecule has 0 saturated heterocycles. The number of hydrogen-bond donors (Lipinski definition) is 3. The predicted molar refractivity (Wildman–Crippen MR) is 196 cm³/mol. The topological polar surface area (TPSA) is 190 Å². The van der Waals surface area contributed by atoms with Crippen LogP contribution in [0.3, 0.4) is 0 Å². The molecule has 3 N–H and O–H groups in total. The van der Waals surface area contributed by atoms with Crippen LogP contribution in [0.5, 0.6) is 0 Å². The minimum Gasteiger partial charge on any atom is -0.481 e. The van der Waals surface area contributed by atoms with Crippen LogP contribution in [0.1, 0.15) is 162 Å². The van der Waals surface area contributed by atoms with Crippen LogP contribution >= 0.6 is 0 Å². The zero-order valence-corrected chi connectivity index (χ0v) is 30.8.